The highest BCUT2D eigenvalue weighted by molar-refractivity contribution is 7.99. The molecule has 18 heavy (non-hydrogen) atoms. The van der Waals surface area contributed by atoms with Gasteiger partial charge >= 0.3 is 0 Å². The van der Waals surface area contributed by atoms with E-state index in [2.05, 4.69) is 47.8 Å². The van der Waals surface area contributed by atoms with Crippen LogP contribution in [0.2, 0.25) is 0 Å². The SMILES string of the molecule is c1ccc2cc(SCC3CNCCO3)ccc2c1. The van der Waals surface area contributed by atoms with Crippen molar-refractivity contribution in [3.8, 4) is 0 Å². The third-order valence-electron chi connectivity index (χ3n) is 3.16. The number of fused-ring (bicyclic) bond motifs is 1. The Labute approximate surface area is 112 Å². The van der Waals surface area contributed by atoms with Crippen LogP contribution in [0.5, 0.6) is 0 Å². The van der Waals surface area contributed by atoms with Crippen LogP contribution in [-0.4, -0.2) is 31.6 Å². The van der Waals surface area contributed by atoms with Gasteiger partial charge in [-0.2, -0.15) is 0 Å². The normalized spacial score (nSPS) is 20.1. The molecule has 1 atom stereocenters. The Morgan fingerprint density at radius 3 is 2.89 bits per heavy atom. The predicted molar refractivity (Wildman–Crippen MR) is 77.3 cm³/mol. The second-order valence-corrected chi connectivity index (χ2v) is 5.61. The number of rotatable bonds is 3. The number of thioether (sulfide) groups is 1. The van der Waals surface area contributed by atoms with Crippen molar-refractivity contribution in [2.75, 3.05) is 25.4 Å². The molecule has 3 rings (SSSR count). The molecule has 0 bridgehead atoms. The van der Waals surface area contributed by atoms with Gasteiger partial charge in [0.15, 0.2) is 0 Å². The van der Waals surface area contributed by atoms with Crippen LogP contribution in [0.4, 0.5) is 0 Å². The first kappa shape index (κ1) is 12.0. The summed E-state index contributed by atoms with van der Waals surface area (Å²) in [5.41, 5.74) is 0. The van der Waals surface area contributed by atoms with Crippen LogP contribution in [0.1, 0.15) is 0 Å². The first-order valence-corrected chi connectivity index (χ1v) is 7.34. The van der Waals surface area contributed by atoms with E-state index in [4.69, 9.17) is 4.74 Å². The molecular weight excluding hydrogens is 242 g/mol. The molecule has 1 N–H and O–H groups in total. The lowest BCUT2D eigenvalue weighted by molar-refractivity contribution is 0.0441. The molecular formula is C15H17NOS. The van der Waals surface area contributed by atoms with Crippen molar-refractivity contribution in [1.29, 1.82) is 0 Å². The molecule has 1 aliphatic rings. The molecule has 3 heteroatoms. The van der Waals surface area contributed by atoms with Gasteiger partial charge in [0.05, 0.1) is 12.7 Å². The molecule has 0 amide bonds. The second kappa shape index (κ2) is 5.74. The number of nitrogens with one attached hydrogen (secondary N) is 1. The van der Waals surface area contributed by atoms with E-state index >= 15 is 0 Å². The Morgan fingerprint density at radius 1 is 1.17 bits per heavy atom. The van der Waals surface area contributed by atoms with Gasteiger partial charge in [-0.15, -0.1) is 11.8 Å². The maximum atomic E-state index is 5.70. The fourth-order valence-electron chi connectivity index (χ4n) is 2.17. The van der Waals surface area contributed by atoms with Gasteiger partial charge in [0.2, 0.25) is 0 Å². The van der Waals surface area contributed by atoms with E-state index in [1.165, 1.54) is 15.7 Å². The molecule has 1 unspecified atom stereocenters. The summed E-state index contributed by atoms with van der Waals surface area (Å²) in [5, 5.41) is 5.98. The number of morpholine rings is 1. The van der Waals surface area contributed by atoms with Crippen molar-refractivity contribution in [1.82, 2.24) is 5.32 Å². The van der Waals surface area contributed by atoms with E-state index in [0.717, 1.165) is 25.4 Å². The van der Waals surface area contributed by atoms with Crippen molar-refractivity contribution in [3.05, 3.63) is 42.5 Å². The van der Waals surface area contributed by atoms with Gasteiger partial charge in [-0.05, 0) is 22.9 Å². The fraction of sp³-hybridized carbons (Fsp3) is 0.333. The minimum absolute atomic E-state index is 0.343. The number of benzene rings is 2. The van der Waals surface area contributed by atoms with E-state index < -0.39 is 0 Å². The molecule has 1 fully saturated rings. The zero-order chi connectivity index (χ0) is 12.2. The van der Waals surface area contributed by atoms with Crippen LogP contribution >= 0.6 is 11.8 Å². The van der Waals surface area contributed by atoms with Crippen LogP contribution in [0.3, 0.4) is 0 Å². The predicted octanol–water partition coefficient (Wildman–Crippen LogP) is 2.92. The molecule has 1 saturated heterocycles. The zero-order valence-electron chi connectivity index (χ0n) is 10.3. The first-order chi connectivity index (χ1) is 8.92. The topological polar surface area (TPSA) is 21.3 Å². The number of ether oxygens (including phenoxy) is 1. The standard InChI is InChI=1S/C15H17NOS/c1-2-4-13-9-15(6-5-12(13)3-1)18-11-14-10-16-7-8-17-14/h1-6,9,14,16H,7-8,10-11H2. The van der Waals surface area contributed by atoms with E-state index in [0.29, 0.717) is 6.10 Å². The average Bonchev–Trinajstić information content (AvgIpc) is 2.46. The van der Waals surface area contributed by atoms with Gasteiger partial charge in [0.25, 0.3) is 0 Å². The molecule has 0 aromatic heterocycles. The summed E-state index contributed by atoms with van der Waals surface area (Å²) in [6, 6.07) is 15.1. The molecule has 0 radical (unpaired) electrons. The van der Waals surface area contributed by atoms with Gasteiger partial charge in [-0.3, -0.25) is 0 Å². The van der Waals surface area contributed by atoms with Crippen LogP contribution in [0.25, 0.3) is 10.8 Å². The molecule has 94 valence electrons. The minimum Gasteiger partial charge on any atom is -0.375 e. The average molecular weight is 259 g/mol. The third kappa shape index (κ3) is 2.86. The van der Waals surface area contributed by atoms with Gasteiger partial charge in [0.1, 0.15) is 0 Å². The molecule has 0 saturated carbocycles. The Kier molecular flexibility index (Phi) is 3.84. The van der Waals surface area contributed by atoms with Crippen LogP contribution in [0.15, 0.2) is 47.4 Å². The largest absolute Gasteiger partial charge is 0.375 e. The summed E-state index contributed by atoms with van der Waals surface area (Å²) in [5.74, 6) is 1.02. The van der Waals surface area contributed by atoms with Crippen molar-refractivity contribution < 1.29 is 4.74 Å². The maximum Gasteiger partial charge on any atom is 0.0793 e. The lowest BCUT2D eigenvalue weighted by Crippen LogP contribution is -2.39. The molecule has 1 aliphatic heterocycles. The van der Waals surface area contributed by atoms with Crippen molar-refractivity contribution in [2.24, 2.45) is 0 Å². The van der Waals surface area contributed by atoms with E-state index in [1.807, 2.05) is 11.8 Å². The minimum atomic E-state index is 0.343. The van der Waals surface area contributed by atoms with E-state index in [1.54, 1.807) is 0 Å². The second-order valence-electron chi connectivity index (χ2n) is 4.52. The quantitative estimate of drug-likeness (QED) is 0.856. The molecule has 2 aromatic carbocycles. The summed E-state index contributed by atoms with van der Waals surface area (Å²) < 4.78 is 5.70. The van der Waals surface area contributed by atoms with E-state index in [9.17, 15) is 0 Å². The Hall–Kier alpha value is -1.03. The molecule has 2 nitrogen and oxygen atoms in total. The van der Waals surface area contributed by atoms with Crippen LogP contribution in [0, 0.1) is 0 Å². The highest BCUT2D eigenvalue weighted by Gasteiger charge is 2.13. The monoisotopic (exact) mass is 259 g/mol. The van der Waals surface area contributed by atoms with Crippen molar-refractivity contribution >= 4 is 22.5 Å². The lowest BCUT2D eigenvalue weighted by atomic mass is 10.1. The molecule has 0 spiro atoms. The Balaban J connectivity index is 1.66. The number of hydrogen-bond acceptors (Lipinski definition) is 3. The third-order valence-corrected chi connectivity index (χ3v) is 4.29. The summed E-state index contributed by atoms with van der Waals surface area (Å²) >= 11 is 1.88. The van der Waals surface area contributed by atoms with Crippen LogP contribution < -0.4 is 5.32 Å². The zero-order valence-corrected chi connectivity index (χ0v) is 11.1. The van der Waals surface area contributed by atoms with Crippen molar-refractivity contribution in [3.63, 3.8) is 0 Å². The summed E-state index contributed by atoms with van der Waals surface area (Å²) in [6.07, 6.45) is 0.343. The summed E-state index contributed by atoms with van der Waals surface area (Å²) in [6.45, 7) is 2.79. The first-order valence-electron chi connectivity index (χ1n) is 6.36. The summed E-state index contributed by atoms with van der Waals surface area (Å²) in [7, 11) is 0. The Bertz CT molecular complexity index is 523. The van der Waals surface area contributed by atoms with Gasteiger partial charge in [-0.1, -0.05) is 30.3 Å². The smallest absolute Gasteiger partial charge is 0.0793 e. The molecule has 2 aromatic rings. The molecule has 1 heterocycles. The fourth-order valence-corrected chi connectivity index (χ4v) is 3.14. The van der Waals surface area contributed by atoms with Crippen molar-refractivity contribution in [2.45, 2.75) is 11.0 Å². The highest BCUT2D eigenvalue weighted by atomic mass is 32.2. The summed E-state index contributed by atoms with van der Waals surface area (Å²) in [4.78, 5) is 1.32. The highest BCUT2D eigenvalue weighted by Crippen LogP contribution is 2.24. The van der Waals surface area contributed by atoms with Crippen LogP contribution in [-0.2, 0) is 4.74 Å². The molecule has 0 aliphatic carbocycles. The number of hydrogen-bond donors (Lipinski definition) is 1. The maximum absolute atomic E-state index is 5.70. The van der Waals surface area contributed by atoms with Gasteiger partial charge in [0, 0.05) is 23.7 Å². The van der Waals surface area contributed by atoms with Gasteiger partial charge < -0.3 is 10.1 Å². The van der Waals surface area contributed by atoms with Gasteiger partial charge in [-0.25, -0.2) is 0 Å². The Morgan fingerprint density at radius 2 is 2.06 bits per heavy atom. The van der Waals surface area contributed by atoms with E-state index in [-0.39, 0.29) is 0 Å². The lowest BCUT2D eigenvalue weighted by Gasteiger charge is -2.23.